The van der Waals surface area contributed by atoms with Gasteiger partial charge >= 0.3 is 0 Å². The Morgan fingerprint density at radius 2 is 2.17 bits per heavy atom. The monoisotopic (exact) mass is 343 g/mol. The number of carbonyl (C=O) groups is 3. The number of likely N-dealkylation sites (tertiary alicyclic amines) is 1. The molecule has 1 unspecified atom stereocenters. The largest absolute Gasteiger partial charge is 0.368 e. The van der Waals surface area contributed by atoms with Gasteiger partial charge in [-0.1, -0.05) is 0 Å². The molecular weight excluding hydrogens is 324 g/mol. The molecule has 0 saturated carbocycles. The average molecular weight is 343 g/mol. The molecular formula is C14H19F2N5O3. The first-order valence-corrected chi connectivity index (χ1v) is 7.45. The van der Waals surface area contributed by atoms with Gasteiger partial charge in [0.25, 0.3) is 11.8 Å². The van der Waals surface area contributed by atoms with E-state index in [0.29, 0.717) is 19.4 Å². The Labute approximate surface area is 137 Å². The van der Waals surface area contributed by atoms with Crippen molar-refractivity contribution in [3.63, 3.8) is 0 Å². The second-order valence-electron chi connectivity index (χ2n) is 5.80. The molecule has 8 nitrogen and oxygen atoms in total. The van der Waals surface area contributed by atoms with Gasteiger partial charge in [-0.3, -0.25) is 19.1 Å². The molecule has 3 N–H and O–H groups in total. The van der Waals surface area contributed by atoms with Crippen LogP contribution < -0.4 is 11.1 Å². The van der Waals surface area contributed by atoms with Crippen molar-refractivity contribution in [3.8, 4) is 0 Å². The van der Waals surface area contributed by atoms with E-state index in [1.807, 2.05) is 0 Å². The third-order valence-electron chi connectivity index (χ3n) is 3.61. The van der Waals surface area contributed by atoms with Crippen molar-refractivity contribution in [1.82, 2.24) is 20.0 Å². The Kier molecular flexibility index (Phi) is 5.15. The van der Waals surface area contributed by atoms with E-state index < -0.39 is 36.2 Å². The van der Waals surface area contributed by atoms with E-state index in [0.717, 1.165) is 11.6 Å². The molecule has 1 aromatic heterocycles. The number of alkyl halides is 2. The average Bonchev–Trinajstić information content (AvgIpc) is 3.11. The van der Waals surface area contributed by atoms with Crippen LogP contribution >= 0.6 is 0 Å². The zero-order valence-electron chi connectivity index (χ0n) is 13.2. The molecule has 0 radical (unpaired) electrons. The van der Waals surface area contributed by atoms with Crippen LogP contribution in [0.5, 0.6) is 0 Å². The summed E-state index contributed by atoms with van der Waals surface area (Å²) < 4.78 is 26.8. The molecule has 1 aliphatic rings. The number of nitrogens with one attached hydrogen (secondary N) is 1. The van der Waals surface area contributed by atoms with Crippen molar-refractivity contribution in [2.75, 3.05) is 13.1 Å². The first-order chi connectivity index (χ1) is 11.2. The molecule has 0 bridgehead atoms. The van der Waals surface area contributed by atoms with Crippen LogP contribution in [0.15, 0.2) is 12.3 Å². The van der Waals surface area contributed by atoms with E-state index in [-0.39, 0.29) is 12.2 Å². The summed E-state index contributed by atoms with van der Waals surface area (Å²) in [5.41, 5.74) is 5.16. The minimum atomic E-state index is -2.95. The zero-order chi connectivity index (χ0) is 17.9. The van der Waals surface area contributed by atoms with Crippen LogP contribution in [0.2, 0.25) is 0 Å². The summed E-state index contributed by atoms with van der Waals surface area (Å²) in [6.07, 6.45) is 2.44. The van der Waals surface area contributed by atoms with Gasteiger partial charge in [-0.15, -0.1) is 0 Å². The molecule has 1 aliphatic heterocycles. The lowest BCUT2D eigenvalue weighted by atomic mass is 10.2. The molecule has 2 heterocycles. The number of aromatic nitrogens is 2. The van der Waals surface area contributed by atoms with Gasteiger partial charge < -0.3 is 16.0 Å². The summed E-state index contributed by atoms with van der Waals surface area (Å²) >= 11 is 0. The molecule has 0 spiro atoms. The number of nitrogens with zero attached hydrogens (tertiary/aromatic N) is 3. The summed E-state index contributed by atoms with van der Waals surface area (Å²) in [6.45, 7) is 0.188. The third kappa shape index (κ3) is 4.49. The number of primary amides is 1. The van der Waals surface area contributed by atoms with Crippen LogP contribution in [-0.2, 0) is 16.1 Å². The second-order valence-corrected chi connectivity index (χ2v) is 5.80. The van der Waals surface area contributed by atoms with Gasteiger partial charge in [-0.05, 0) is 18.9 Å². The topological polar surface area (TPSA) is 110 Å². The van der Waals surface area contributed by atoms with Gasteiger partial charge in [0.1, 0.15) is 18.3 Å². The Morgan fingerprint density at radius 1 is 1.46 bits per heavy atom. The fourth-order valence-corrected chi connectivity index (χ4v) is 2.56. The van der Waals surface area contributed by atoms with E-state index in [9.17, 15) is 23.2 Å². The molecule has 1 saturated heterocycles. The Hall–Kier alpha value is -2.52. The first kappa shape index (κ1) is 17.8. The minimum Gasteiger partial charge on any atom is -0.368 e. The van der Waals surface area contributed by atoms with Gasteiger partial charge in [0, 0.05) is 19.7 Å². The SMILES string of the molecule is CC(F)(F)Cn1ccc(C(=O)NCC(=O)N2CCCC2C(N)=O)n1. The van der Waals surface area contributed by atoms with Gasteiger partial charge in [-0.25, -0.2) is 8.78 Å². The van der Waals surface area contributed by atoms with E-state index in [1.165, 1.54) is 17.2 Å². The number of amides is 3. The fraction of sp³-hybridized carbons (Fsp3) is 0.571. The van der Waals surface area contributed by atoms with Crippen LogP contribution in [0.3, 0.4) is 0 Å². The van der Waals surface area contributed by atoms with Crippen LogP contribution in [0.1, 0.15) is 30.3 Å². The van der Waals surface area contributed by atoms with Crippen molar-refractivity contribution in [2.24, 2.45) is 5.73 Å². The van der Waals surface area contributed by atoms with Crippen molar-refractivity contribution in [3.05, 3.63) is 18.0 Å². The zero-order valence-corrected chi connectivity index (χ0v) is 13.2. The second kappa shape index (κ2) is 6.93. The van der Waals surface area contributed by atoms with Crippen molar-refractivity contribution >= 4 is 17.7 Å². The van der Waals surface area contributed by atoms with Crippen molar-refractivity contribution in [1.29, 1.82) is 0 Å². The maximum Gasteiger partial charge on any atom is 0.272 e. The van der Waals surface area contributed by atoms with Crippen LogP contribution in [0.4, 0.5) is 8.78 Å². The van der Waals surface area contributed by atoms with Gasteiger partial charge in [0.15, 0.2) is 0 Å². The normalized spacial score (nSPS) is 17.8. The number of hydrogen-bond acceptors (Lipinski definition) is 4. The summed E-state index contributed by atoms with van der Waals surface area (Å²) in [5.74, 6) is -4.61. The number of hydrogen-bond donors (Lipinski definition) is 2. The summed E-state index contributed by atoms with van der Waals surface area (Å²) in [4.78, 5) is 36.6. The third-order valence-corrected chi connectivity index (χ3v) is 3.61. The summed E-state index contributed by atoms with van der Waals surface area (Å²) in [5, 5.41) is 6.11. The van der Waals surface area contributed by atoms with E-state index in [4.69, 9.17) is 5.73 Å². The smallest absolute Gasteiger partial charge is 0.272 e. The molecule has 1 aromatic rings. The highest BCUT2D eigenvalue weighted by molar-refractivity contribution is 5.95. The van der Waals surface area contributed by atoms with E-state index >= 15 is 0 Å². The van der Waals surface area contributed by atoms with Gasteiger partial charge in [0.05, 0.1) is 6.54 Å². The van der Waals surface area contributed by atoms with Crippen LogP contribution in [0, 0.1) is 0 Å². The van der Waals surface area contributed by atoms with Gasteiger partial charge in [0.2, 0.25) is 11.8 Å². The Balaban J connectivity index is 1.89. The highest BCUT2D eigenvalue weighted by atomic mass is 19.3. The lowest BCUT2D eigenvalue weighted by Crippen LogP contribution is -2.47. The molecule has 1 atom stereocenters. The lowest BCUT2D eigenvalue weighted by molar-refractivity contribution is -0.136. The Bertz CT molecular complexity index is 641. The molecule has 3 amide bonds. The maximum atomic E-state index is 12.9. The lowest BCUT2D eigenvalue weighted by Gasteiger charge is -2.22. The maximum absolute atomic E-state index is 12.9. The molecule has 0 aliphatic carbocycles. The summed E-state index contributed by atoms with van der Waals surface area (Å²) in [6, 6.07) is 0.633. The first-order valence-electron chi connectivity index (χ1n) is 7.45. The van der Waals surface area contributed by atoms with E-state index in [1.54, 1.807) is 0 Å². The Morgan fingerprint density at radius 3 is 2.79 bits per heavy atom. The number of nitrogens with two attached hydrogens (primary N) is 1. The predicted octanol–water partition coefficient (Wildman–Crippen LogP) is -0.256. The van der Waals surface area contributed by atoms with Crippen molar-refractivity contribution < 1.29 is 23.2 Å². The fourth-order valence-electron chi connectivity index (χ4n) is 2.56. The molecule has 24 heavy (non-hydrogen) atoms. The minimum absolute atomic E-state index is 0.0695. The highest BCUT2D eigenvalue weighted by Crippen LogP contribution is 2.16. The molecule has 2 rings (SSSR count). The van der Waals surface area contributed by atoms with Crippen LogP contribution in [-0.4, -0.2) is 57.5 Å². The predicted molar refractivity (Wildman–Crippen MR) is 79.1 cm³/mol. The summed E-state index contributed by atoms with van der Waals surface area (Å²) in [7, 11) is 0. The molecule has 0 aromatic carbocycles. The standard InChI is InChI=1S/C14H19F2N5O3/c1-14(15,16)8-20-6-4-9(19-20)13(24)18-7-11(22)21-5-2-3-10(21)12(17)23/h4,6,10H,2-3,5,7-8H2,1H3,(H2,17,23)(H,18,24). The molecule has 10 heteroatoms. The number of halogens is 2. The molecule has 132 valence electrons. The quantitative estimate of drug-likeness (QED) is 0.742. The van der Waals surface area contributed by atoms with E-state index in [2.05, 4.69) is 10.4 Å². The van der Waals surface area contributed by atoms with Crippen LogP contribution in [0.25, 0.3) is 0 Å². The number of rotatable bonds is 6. The highest BCUT2D eigenvalue weighted by Gasteiger charge is 2.32. The molecule has 1 fully saturated rings. The van der Waals surface area contributed by atoms with Crippen molar-refractivity contribution in [2.45, 2.75) is 38.3 Å². The number of carbonyl (C=O) groups excluding carboxylic acids is 3. The van der Waals surface area contributed by atoms with Gasteiger partial charge in [-0.2, -0.15) is 5.10 Å².